The molecule has 1 N–H and O–H groups in total. The number of nitrogens with zero attached hydrogens (tertiary/aromatic N) is 1. The molecule has 0 amide bonds. The Morgan fingerprint density at radius 1 is 1.33 bits per heavy atom. The number of anilines is 1. The maximum absolute atomic E-state index is 6.30. The molecule has 102 valence electrons. The van der Waals surface area contributed by atoms with E-state index in [1.54, 1.807) is 0 Å². The van der Waals surface area contributed by atoms with Crippen LogP contribution in [0.3, 0.4) is 0 Å². The van der Waals surface area contributed by atoms with Gasteiger partial charge in [-0.05, 0) is 31.5 Å². The zero-order valence-corrected chi connectivity index (χ0v) is 13.1. The van der Waals surface area contributed by atoms with Crippen molar-refractivity contribution in [2.45, 2.75) is 40.3 Å². The number of nitrogens with one attached hydrogen (secondary N) is 1. The normalized spacial score (nSPS) is 13.5. The van der Waals surface area contributed by atoms with Crippen molar-refractivity contribution in [3.05, 3.63) is 28.8 Å². The standard InChI is InChI=1S/C15H25ClN2/c1-11(15(2,3)4)18(6)14-9-7-8-13(16)12(14)10-17-5/h7-9,11,17H,10H2,1-6H3. The molecule has 2 nitrogen and oxygen atoms in total. The fourth-order valence-electron chi connectivity index (χ4n) is 2.02. The molecule has 0 aliphatic carbocycles. The first-order chi connectivity index (χ1) is 8.29. The molecule has 0 spiro atoms. The molecule has 0 aliphatic heterocycles. The van der Waals surface area contributed by atoms with Crippen LogP contribution in [0.2, 0.25) is 5.02 Å². The largest absolute Gasteiger partial charge is 0.371 e. The van der Waals surface area contributed by atoms with Gasteiger partial charge in [-0.1, -0.05) is 38.4 Å². The number of halogens is 1. The summed E-state index contributed by atoms with van der Waals surface area (Å²) >= 11 is 6.30. The number of rotatable bonds is 4. The van der Waals surface area contributed by atoms with Crippen LogP contribution < -0.4 is 10.2 Å². The van der Waals surface area contributed by atoms with E-state index >= 15 is 0 Å². The molecule has 18 heavy (non-hydrogen) atoms. The van der Waals surface area contributed by atoms with E-state index in [9.17, 15) is 0 Å². The second kappa shape index (κ2) is 5.94. The summed E-state index contributed by atoms with van der Waals surface area (Å²) in [6.07, 6.45) is 0. The first-order valence-corrected chi connectivity index (χ1v) is 6.81. The zero-order valence-electron chi connectivity index (χ0n) is 12.3. The summed E-state index contributed by atoms with van der Waals surface area (Å²) in [6.45, 7) is 9.82. The molecule has 1 rings (SSSR count). The maximum Gasteiger partial charge on any atom is 0.0471 e. The molecule has 0 aromatic heterocycles. The van der Waals surface area contributed by atoms with Crippen molar-refractivity contribution >= 4 is 17.3 Å². The monoisotopic (exact) mass is 268 g/mol. The Kier molecular flexibility index (Phi) is 5.06. The van der Waals surface area contributed by atoms with Gasteiger partial charge in [-0.3, -0.25) is 0 Å². The average Bonchev–Trinajstić information content (AvgIpc) is 2.29. The first-order valence-electron chi connectivity index (χ1n) is 6.44. The van der Waals surface area contributed by atoms with Crippen molar-refractivity contribution in [1.82, 2.24) is 5.32 Å². The highest BCUT2D eigenvalue weighted by atomic mass is 35.5. The smallest absolute Gasteiger partial charge is 0.0471 e. The van der Waals surface area contributed by atoms with Gasteiger partial charge in [-0.15, -0.1) is 0 Å². The molecule has 1 unspecified atom stereocenters. The molecular formula is C15H25ClN2. The first kappa shape index (κ1) is 15.3. The fraction of sp³-hybridized carbons (Fsp3) is 0.600. The Labute approximate surface area is 116 Å². The van der Waals surface area contributed by atoms with Crippen molar-refractivity contribution < 1.29 is 0 Å². The summed E-state index contributed by atoms with van der Waals surface area (Å²) in [6, 6.07) is 6.54. The van der Waals surface area contributed by atoms with Gasteiger partial charge < -0.3 is 10.2 Å². The Balaban J connectivity index is 3.12. The van der Waals surface area contributed by atoms with Crippen LogP contribution in [0.4, 0.5) is 5.69 Å². The molecule has 0 bridgehead atoms. The molecule has 0 aliphatic rings. The molecule has 1 aromatic carbocycles. The van der Waals surface area contributed by atoms with Crippen LogP contribution in [0.1, 0.15) is 33.3 Å². The summed E-state index contributed by atoms with van der Waals surface area (Å²) in [4.78, 5) is 2.32. The highest BCUT2D eigenvalue weighted by molar-refractivity contribution is 6.31. The van der Waals surface area contributed by atoms with Crippen LogP contribution in [0.25, 0.3) is 0 Å². The van der Waals surface area contributed by atoms with Crippen LogP contribution in [0.5, 0.6) is 0 Å². The summed E-state index contributed by atoms with van der Waals surface area (Å²) in [5.74, 6) is 0. The maximum atomic E-state index is 6.30. The van der Waals surface area contributed by atoms with Crippen molar-refractivity contribution in [1.29, 1.82) is 0 Å². The van der Waals surface area contributed by atoms with Gasteiger partial charge in [-0.2, -0.15) is 0 Å². The van der Waals surface area contributed by atoms with Gasteiger partial charge in [0, 0.05) is 35.9 Å². The average molecular weight is 269 g/mol. The predicted molar refractivity (Wildman–Crippen MR) is 81.5 cm³/mol. The minimum absolute atomic E-state index is 0.230. The zero-order chi connectivity index (χ0) is 13.9. The summed E-state index contributed by atoms with van der Waals surface area (Å²) < 4.78 is 0. The number of benzene rings is 1. The molecule has 1 atom stereocenters. The summed E-state index contributed by atoms with van der Waals surface area (Å²) in [5, 5.41) is 4.02. The Hall–Kier alpha value is -0.730. The van der Waals surface area contributed by atoms with Crippen molar-refractivity contribution in [2.75, 3.05) is 19.0 Å². The van der Waals surface area contributed by atoms with Gasteiger partial charge in [0.1, 0.15) is 0 Å². The second-order valence-corrected chi connectivity index (χ2v) is 6.33. The van der Waals surface area contributed by atoms with Crippen LogP contribution in [0.15, 0.2) is 18.2 Å². The van der Waals surface area contributed by atoms with E-state index in [1.165, 1.54) is 11.3 Å². The molecule has 0 saturated carbocycles. The molecule has 3 heteroatoms. The molecular weight excluding hydrogens is 244 g/mol. The van der Waals surface area contributed by atoms with Crippen molar-refractivity contribution in [3.63, 3.8) is 0 Å². The van der Waals surface area contributed by atoms with Gasteiger partial charge in [0.25, 0.3) is 0 Å². The molecule has 0 radical (unpaired) electrons. The van der Waals surface area contributed by atoms with E-state index in [0.29, 0.717) is 6.04 Å². The lowest BCUT2D eigenvalue weighted by atomic mass is 9.86. The third-order valence-corrected chi connectivity index (χ3v) is 4.02. The van der Waals surface area contributed by atoms with Gasteiger partial charge in [-0.25, -0.2) is 0 Å². The molecule has 0 heterocycles. The summed E-state index contributed by atoms with van der Waals surface area (Å²) in [5.41, 5.74) is 2.60. The van der Waals surface area contributed by atoms with E-state index in [-0.39, 0.29) is 5.41 Å². The third-order valence-electron chi connectivity index (χ3n) is 3.66. The minimum atomic E-state index is 0.230. The number of hydrogen-bond acceptors (Lipinski definition) is 2. The lowest BCUT2D eigenvalue weighted by Gasteiger charge is -2.38. The highest BCUT2D eigenvalue weighted by Gasteiger charge is 2.25. The minimum Gasteiger partial charge on any atom is -0.371 e. The van der Waals surface area contributed by atoms with E-state index in [1.807, 2.05) is 19.2 Å². The van der Waals surface area contributed by atoms with Gasteiger partial charge in [0.05, 0.1) is 0 Å². The highest BCUT2D eigenvalue weighted by Crippen LogP contribution is 2.32. The Morgan fingerprint density at radius 2 is 1.94 bits per heavy atom. The topological polar surface area (TPSA) is 15.3 Å². The van der Waals surface area contributed by atoms with Gasteiger partial charge >= 0.3 is 0 Å². The Morgan fingerprint density at radius 3 is 2.44 bits per heavy atom. The van der Waals surface area contributed by atoms with E-state index in [0.717, 1.165) is 11.6 Å². The molecule has 0 saturated heterocycles. The van der Waals surface area contributed by atoms with E-state index in [4.69, 9.17) is 11.6 Å². The fourth-order valence-corrected chi connectivity index (χ4v) is 2.26. The van der Waals surface area contributed by atoms with E-state index < -0.39 is 0 Å². The lowest BCUT2D eigenvalue weighted by Crippen LogP contribution is -2.40. The van der Waals surface area contributed by atoms with E-state index in [2.05, 4.69) is 51.0 Å². The van der Waals surface area contributed by atoms with Gasteiger partial charge in [0.15, 0.2) is 0 Å². The third kappa shape index (κ3) is 3.39. The van der Waals surface area contributed by atoms with Crippen molar-refractivity contribution in [3.8, 4) is 0 Å². The van der Waals surface area contributed by atoms with Crippen LogP contribution in [0, 0.1) is 5.41 Å². The SMILES string of the molecule is CNCc1c(Cl)cccc1N(C)C(C)C(C)(C)C. The molecule has 0 fully saturated rings. The lowest BCUT2D eigenvalue weighted by molar-refractivity contribution is 0.329. The van der Waals surface area contributed by atoms with Crippen LogP contribution >= 0.6 is 11.6 Å². The van der Waals surface area contributed by atoms with Crippen molar-refractivity contribution in [2.24, 2.45) is 5.41 Å². The number of hydrogen-bond donors (Lipinski definition) is 1. The predicted octanol–water partition coefficient (Wildman–Crippen LogP) is 3.93. The Bertz CT molecular complexity index is 396. The second-order valence-electron chi connectivity index (χ2n) is 5.92. The summed E-state index contributed by atoms with van der Waals surface area (Å²) in [7, 11) is 4.08. The quantitative estimate of drug-likeness (QED) is 0.890. The van der Waals surface area contributed by atoms with Crippen LogP contribution in [-0.4, -0.2) is 20.1 Å². The van der Waals surface area contributed by atoms with Gasteiger partial charge in [0.2, 0.25) is 0 Å². The van der Waals surface area contributed by atoms with Crippen LogP contribution in [-0.2, 0) is 6.54 Å². The molecule has 1 aromatic rings.